The molecule has 114 valence electrons. The quantitative estimate of drug-likeness (QED) is 0.837. The molecule has 2 aliphatic rings. The Morgan fingerprint density at radius 2 is 2.10 bits per heavy atom. The molecule has 3 N–H and O–H groups in total. The molecule has 1 aromatic rings. The molecule has 3 rings (SSSR count). The molecule has 0 bridgehead atoms. The number of amides is 1. The first-order chi connectivity index (χ1) is 10.2. The third kappa shape index (κ3) is 2.97. The monoisotopic (exact) mass is 289 g/mol. The maximum absolute atomic E-state index is 11.5. The number of anilines is 3. The minimum Gasteiger partial charge on any atom is -0.397 e. The van der Waals surface area contributed by atoms with Gasteiger partial charge in [-0.2, -0.15) is 0 Å². The fourth-order valence-electron chi connectivity index (χ4n) is 3.21. The number of carbonyl (C=O) groups excluding carboxylic acids is 1. The van der Waals surface area contributed by atoms with Gasteiger partial charge in [0.2, 0.25) is 5.91 Å². The summed E-state index contributed by atoms with van der Waals surface area (Å²) in [5, 5.41) is 2.95. The number of hydrogen-bond donors (Lipinski definition) is 2. The van der Waals surface area contributed by atoms with E-state index in [9.17, 15) is 4.79 Å². The second-order valence-corrected chi connectivity index (χ2v) is 5.76. The van der Waals surface area contributed by atoms with Gasteiger partial charge in [-0.3, -0.25) is 4.79 Å². The number of hydrogen-bond acceptors (Lipinski definition) is 4. The van der Waals surface area contributed by atoms with Crippen molar-refractivity contribution in [2.24, 2.45) is 0 Å². The van der Waals surface area contributed by atoms with Crippen LogP contribution in [0.1, 0.15) is 31.7 Å². The Kier molecular flexibility index (Phi) is 4.01. The van der Waals surface area contributed by atoms with Gasteiger partial charge in [-0.1, -0.05) is 0 Å². The molecule has 0 unspecified atom stereocenters. The molecular formula is C16H23N3O2. The van der Waals surface area contributed by atoms with Crippen LogP contribution < -0.4 is 16.0 Å². The lowest BCUT2D eigenvalue weighted by Gasteiger charge is -2.34. The molecule has 0 spiro atoms. The van der Waals surface area contributed by atoms with Crippen molar-refractivity contribution >= 4 is 23.0 Å². The summed E-state index contributed by atoms with van der Waals surface area (Å²) in [6, 6.07) is 4.04. The zero-order valence-electron chi connectivity index (χ0n) is 12.5. The lowest BCUT2D eigenvalue weighted by Crippen LogP contribution is -2.37. The van der Waals surface area contributed by atoms with Gasteiger partial charge in [0, 0.05) is 31.8 Å². The first-order valence-electron chi connectivity index (χ1n) is 7.76. The minimum atomic E-state index is 0.0910. The summed E-state index contributed by atoms with van der Waals surface area (Å²) in [6.45, 7) is 4.71. The van der Waals surface area contributed by atoms with Crippen molar-refractivity contribution < 1.29 is 9.53 Å². The van der Waals surface area contributed by atoms with Crippen LogP contribution in [-0.4, -0.2) is 31.7 Å². The van der Waals surface area contributed by atoms with E-state index < -0.39 is 0 Å². The number of nitrogens with two attached hydrogens (primary N) is 1. The number of rotatable bonds is 3. The van der Waals surface area contributed by atoms with Gasteiger partial charge in [0.25, 0.3) is 0 Å². The van der Waals surface area contributed by atoms with E-state index in [2.05, 4.69) is 10.2 Å². The van der Waals surface area contributed by atoms with Crippen LogP contribution in [0.25, 0.3) is 0 Å². The van der Waals surface area contributed by atoms with E-state index in [0.717, 1.165) is 61.6 Å². The molecule has 0 saturated carbocycles. The maximum atomic E-state index is 11.5. The second kappa shape index (κ2) is 5.93. The van der Waals surface area contributed by atoms with Crippen LogP contribution in [0.5, 0.6) is 0 Å². The van der Waals surface area contributed by atoms with Crippen LogP contribution >= 0.6 is 0 Å². The average Bonchev–Trinajstić information content (AvgIpc) is 2.48. The summed E-state index contributed by atoms with van der Waals surface area (Å²) in [6.07, 6.45) is 3.74. The highest BCUT2D eigenvalue weighted by molar-refractivity contribution is 5.95. The van der Waals surface area contributed by atoms with Crippen LogP contribution in [0.15, 0.2) is 12.1 Å². The van der Waals surface area contributed by atoms with Crippen LogP contribution in [0.3, 0.4) is 0 Å². The van der Waals surface area contributed by atoms with E-state index in [0.29, 0.717) is 12.5 Å². The molecule has 1 aromatic carbocycles. The topological polar surface area (TPSA) is 67.6 Å². The molecule has 0 aliphatic carbocycles. The summed E-state index contributed by atoms with van der Waals surface area (Å²) in [5.74, 6) is 0.0910. The molecular weight excluding hydrogens is 266 g/mol. The van der Waals surface area contributed by atoms with Crippen molar-refractivity contribution in [3.8, 4) is 0 Å². The highest BCUT2D eigenvalue weighted by Gasteiger charge is 2.23. The van der Waals surface area contributed by atoms with Gasteiger partial charge in [0.1, 0.15) is 0 Å². The number of aryl methyl sites for hydroxylation is 1. The number of piperidine rings is 1. The Balaban J connectivity index is 1.77. The highest BCUT2D eigenvalue weighted by Crippen LogP contribution is 2.34. The standard InChI is InChI=1S/C16H23N3O2/c1-2-21-12-5-7-19(8-6-12)15-10-14-11(9-13(15)17)3-4-16(20)18-14/h9-10,12H,2-8,17H2,1H3,(H,18,20). The SMILES string of the molecule is CCOC1CCN(c2cc3c(cc2N)CCC(=O)N3)CC1. The molecule has 1 saturated heterocycles. The molecule has 0 radical (unpaired) electrons. The summed E-state index contributed by atoms with van der Waals surface area (Å²) < 4.78 is 5.69. The predicted molar refractivity (Wildman–Crippen MR) is 84.7 cm³/mol. The average molecular weight is 289 g/mol. The van der Waals surface area contributed by atoms with Gasteiger partial charge in [0.05, 0.1) is 17.5 Å². The van der Waals surface area contributed by atoms with E-state index in [1.165, 1.54) is 0 Å². The van der Waals surface area contributed by atoms with E-state index in [1.807, 2.05) is 19.1 Å². The van der Waals surface area contributed by atoms with Crippen molar-refractivity contribution in [1.29, 1.82) is 0 Å². The number of fused-ring (bicyclic) bond motifs is 1. The molecule has 1 amide bonds. The Hall–Kier alpha value is -1.75. The Morgan fingerprint density at radius 1 is 1.33 bits per heavy atom. The van der Waals surface area contributed by atoms with E-state index in [1.54, 1.807) is 0 Å². The Bertz CT molecular complexity index is 537. The molecule has 2 aliphatic heterocycles. The normalized spacial score (nSPS) is 19.3. The largest absolute Gasteiger partial charge is 0.397 e. The Morgan fingerprint density at radius 3 is 2.81 bits per heavy atom. The third-order valence-corrected chi connectivity index (χ3v) is 4.33. The number of nitrogens with one attached hydrogen (secondary N) is 1. The molecule has 5 nitrogen and oxygen atoms in total. The zero-order chi connectivity index (χ0) is 14.8. The second-order valence-electron chi connectivity index (χ2n) is 5.76. The number of ether oxygens (including phenoxy) is 1. The first kappa shape index (κ1) is 14.2. The molecule has 2 heterocycles. The number of carbonyl (C=O) groups is 1. The van der Waals surface area contributed by atoms with Crippen LogP contribution in [0.4, 0.5) is 17.1 Å². The fraction of sp³-hybridized carbons (Fsp3) is 0.562. The maximum Gasteiger partial charge on any atom is 0.224 e. The van der Waals surface area contributed by atoms with E-state index in [-0.39, 0.29) is 5.91 Å². The molecule has 5 heteroatoms. The number of nitrogens with zero attached hydrogens (tertiary/aromatic N) is 1. The fourth-order valence-corrected chi connectivity index (χ4v) is 3.21. The van der Waals surface area contributed by atoms with Crippen molar-refractivity contribution in [3.05, 3.63) is 17.7 Å². The lowest BCUT2D eigenvalue weighted by atomic mass is 10.00. The summed E-state index contributed by atoms with van der Waals surface area (Å²) in [7, 11) is 0. The lowest BCUT2D eigenvalue weighted by molar-refractivity contribution is -0.116. The minimum absolute atomic E-state index is 0.0910. The van der Waals surface area contributed by atoms with Crippen LogP contribution in [0.2, 0.25) is 0 Å². The predicted octanol–water partition coefficient (Wildman–Crippen LogP) is 2.16. The van der Waals surface area contributed by atoms with Gasteiger partial charge >= 0.3 is 0 Å². The number of benzene rings is 1. The van der Waals surface area contributed by atoms with Crippen molar-refractivity contribution in [2.45, 2.75) is 38.7 Å². The smallest absolute Gasteiger partial charge is 0.224 e. The summed E-state index contributed by atoms with van der Waals surface area (Å²) >= 11 is 0. The molecule has 21 heavy (non-hydrogen) atoms. The highest BCUT2D eigenvalue weighted by atomic mass is 16.5. The van der Waals surface area contributed by atoms with Gasteiger partial charge in [0.15, 0.2) is 0 Å². The van der Waals surface area contributed by atoms with Crippen molar-refractivity contribution in [1.82, 2.24) is 0 Å². The summed E-state index contributed by atoms with van der Waals surface area (Å²) in [4.78, 5) is 13.8. The van der Waals surface area contributed by atoms with Crippen molar-refractivity contribution in [2.75, 3.05) is 35.6 Å². The zero-order valence-corrected chi connectivity index (χ0v) is 12.5. The Labute approximate surface area is 125 Å². The summed E-state index contributed by atoms with van der Waals surface area (Å²) in [5.41, 5.74) is 10.1. The molecule has 0 atom stereocenters. The molecule has 0 aromatic heterocycles. The van der Waals surface area contributed by atoms with E-state index in [4.69, 9.17) is 10.5 Å². The third-order valence-electron chi connectivity index (χ3n) is 4.33. The van der Waals surface area contributed by atoms with E-state index >= 15 is 0 Å². The first-order valence-corrected chi connectivity index (χ1v) is 7.76. The molecule has 1 fully saturated rings. The van der Waals surface area contributed by atoms with Gasteiger partial charge in [-0.15, -0.1) is 0 Å². The van der Waals surface area contributed by atoms with Gasteiger partial charge in [-0.25, -0.2) is 0 Å². The van der Waals surface area contributed by atoms with Gasteiger partial charge < -0.3 is 20.7 Å². The number of nitrogen functional groups attached to an aromatic ring is 1. The van der Waals surface area contributed by atoms with Crippen molar-refractivity contribution in [3.63, 3.8) is 0 Å². The van der Waals surface area contributed by atoms with Crippen LogP contribution in [0, 0.1) is 0 Å². The van der Waals surface area contributed by atoms with Gasteiger partial charge in [-0.05, 0) is 43.9 Å². The van der Waals surface area contributed by atoms with Crippen LogP contribution in [-0.2, 0) is 16.0 Å².